The molecule has 0 saturated carbocycles. The van der Waals surface area contributed by atoms with Gasteiger partial charge in [0, 0.05) is 29.7 Å². The molecular formula is C14H17NOS. The zero-order valence-electron chi connectivity index (χ0n) is 10.0. The Kier molecular flexibility index (Phi) is 4.29. The standard InChI is InChI=1S/C14H17NOS/c1-2-3-11-4-6-12(7-5-11)14-15-10-13(17-14)8-9-16/h4-7,10,16H,2-3,8-9H2,1H3. The van der Waals surface area contributed by atoms with Gasteiger partial charge in [-0.15, -0.1) is 11.3 Å². The molecule has 0 spiro atoms. The molecule has 0 saturated heterocycles. The van der Waals surface area contributed by atoms with Crippen molar-refractivity contribution < 1.29 is 5.11 Å². The summed E-state index contributed by atoms with van der Waals surface area (Å²) in [7, 11) is 0. The van der Waals surface area contributed by atoms with E-state index in [1.165, 1.54) is 17.5 Å². The fourth-order valence-corrected chi connectivity index (χ4v) is 2.68. The molecule has 0 unspecified atom stereocenters. The summed E-state index contributed by atoms with van der Waals surface area (Å²) in [6.07, 6.45) is 4.87. The van der Waals surface area contributed by atoms with Gasteiger partial charge in [-0.25, -0.2) is 4.98 Å². The van der Waals surface area contributed by atoms with E-state index in [0.29, 0.717) is 6.42 Å². The first-order chi connectivity index (χ1) is 8.33. The molecule has 0 aliphatic rings. The lowest BCUT2D eigenvalue weighted by Gasteiger charge is -2.00. The molecular weight excluding hydrogens is 230 g/mol. The van der Waals surface area contributed by atoms with Crippen LogP contribution in [0.1, 0.15) is 23.8 Å². The Morgan fingerprint density at radius 2 is 1.94 bits per heavy atom. The van der Waals surface area contributed by atoms with Crippen molar-refractivity contribution in [1.82, 2.24) is 4.98 Å². The molecule has 1 heterocycles. The SMILES string of the molecule is CCCc1ccc(-c2ncc(CCO)s2)cc1. The van der Waals surface area contributed by atoms with E-state index in [1.807, 2.05) is 6.20 Å². The minimum absolute atomic E-state index is 0.192. The average Bonchev–Trinajstić information content (AvgIpc) is 2.80. The van der Waals surface area contributed by atoms with E-state index in [2.05, 4.69) is 36.2 Å². The third-order valence-corrected chi connectivity index (χ3v) is 3.76. The topological polar surface area (TPSA) is 33.1 Å². The maximum Gasteiger partial charge on any atom is 0.123 e. The second kappa shape index (κ2) is 5.94. The zero-order chi connectivity index (χ0) is 12.1. The largest absolute Gasteiger partial charge is 0.396 e. The molecule has 2 rings (SSSR count). The Bertz CT molecular complexity index is 461. The zero-order valence-corrected chi connectivity index (χ0v) is 10.8. The fraction of sp³-hybridized carbons (Fsp3) is 0.357. The summed E-state index contributed by atoms with van der Waals surface area (Å²) in [6, 6.07) is 8.61. The summed E-state index contributed by atoms with van der Waals surface area (Å²) >= 11 is 1.66. The van der Waals surface area contributed by atoms with Crippen molar-refractivity contribution >= 4 is 11.3 Å². The second-order valence-electron chi connectivity index (χ2n) is 4.05. The molecule has 0 aliphatic heterocycles. The van der Waals surface area contributed by atoms with Crippen LogP contribution in [0.2, 0.25) is 0 Å². The van der Waals surface area contributed by atoms with Gasteiger partial charge in [-0.2, -0.15) is 0 Å². The highest BCUT2D eigenvalue weighted by Crippen LogP contribution is 2.25. The van der Waals surface area contributed by atoms with Crippen LogP contribution in [0.4, 0.5) is 0 Å². The molecule has 1 aromatic heterocycles. The number of aryl methyl sites for hydroxylation is 1. The summed E-state index contributed by atoms with van der Waals surface area (Å²) in [5.41, 5.74) is 2.54. The Hall–Kier alpha value is -1.19. The summed E-state index contributed by atoms with van der Waals surface area (Å²) < 4.78 is 0. The first-order valence-electron chi connectivity index (χ1n) is 5.98. The highest BCUT2D eigenvalue weighted by Gasteiger charge is 2.04. The Morgan fingerprint density at radius 1 is 1.18 bits per heavy atom. The molecule has 0 amide bonds. The molecule has 3 heteroatoms. The third kappa shape index (κ3) is 3.14. The fourth-order valence-electron chi connectivity index (χ4n) is 1.77. The lowest BCUT2D eigenvalue weighted by molar-refractivity contribution is 0.300. The molecule has 90 valence electrons. The molecule has 1 aromatic carbocycles. The van der Waals surface area contributed by atoms with E-state index in [1.54, 1.807) is 11.3 Å². The van der Waals surface area contributed by atoms with Crippen molar-refractivity contribution in [1.29, 1.82) is 0 Å². The lowest BCUT2D eigenvalue weighted by atomic mass is 10.1. The number of benzene rings is 1. The van der Waals surface area contributed by atoms with E-state index >= 15 is 0 Å². The van der Waals surface area contributed by atoms with Crippen molar-refractivity contribution in [3.63, 3.8) is 0 Å². The monoisotopic (exact) mass is 247 g/mol. The van der Waals surface area contributed by atoms with Crippen LogP contribution in [0, 0.1) is 0 Å². The van der Waals surface area contributed by atoms with Crippen LogP contribution in [0.3, 0.4) is 0 Å². The Labute approximate surface area is 106 Å². The van der Waals surface area contributed by atoms with Crippen molar-refractivity contribution in [3.05, 3.63) is 40.9 Å². The van der Waals surface area contributed by atoms with Gasteiger partial charge in [0.2, 0.25) is 0 Å². The maximum absolute atomic E-state index is 8.87. The number of nitrogens with zero attached hydrogens (tertiary/aromatic N) is 1. The molecule has 1 N–H and O–H groups in total. The van der Waals surface area contributed by atoms with Gasteiger partial charge in [0.15, 0.2) is 0 Å². The van der Waals surface area contributed by atoms with Gasteiger partial charge < -0.3 is 5.11 Å². The predicted molar refractivity (Wildman–Crippen MR) is 72.3 cm³/mol. The van der Waals surface area contributed by atoms with Gasteiger partial charge in [-0.05, 0) is 12.0 Å². The number of hydrogen-bond donors (Lipinski definition) is 1. The first-order valence-corrected chi connectivity index (χ1v) is 6.80. The van der Waals surface area contributed by atoms with Crippen LogP contribution in [-0.2, 0) is 12.8 Å². The van der Waals surface area contributed by atoms with Crippen molar-refractivity contribution in [2.24, 2.45) is 0 Å². The Morgan fingerprint density at radius 3 is 2.59 bits per heavy atom. The molecule has 2 nitrogen and oxygen atoms in total. The highest BCUT2D eigenvalue weighted by atomic mass is 32.1. The number of aromatic nitrogens is 1. The highest BCUT2D eigenvalue weighted by molar-refractivity contribution is 7.15. The van der Waals surface area contributed by atoms with E-state index in [-0.39, 0.29) is 6.61 Å². The van der Waals surface area contributed by atoms with E-state index in [9.17, 15) is 0 Å². The second-order valence-corrected chi connectivity index (χ2v) is 5.17. The summed E-state index contributed by atoms with van der Waals surface area (Å²) in [5.74, 6) is 0. The van der Waals surface area contributed by atoms with E-state index < -0.39 is 0 Å². The van der Waals surface area contributed by atoms with Crippen LogP contribution in [0.5, 0.6) is 0 Å². The normalized spacial score (nSPS) is 10.7. The number of thiazole rings is 1. The molecule has 0 atom stereocenters. The average molecular weight is 247 g/mol. The van der Waals surface area contributed by atoms with Crippen molar-refractivity contribution in [2.75, 3.05) is 6.61 Å². The van der Waals surface area contributed by atoms with Gasteiger partial charge in [0.1, 0.15) is 5.01 Å². The van der Waals surface area contributed by atoms with Gasteiger partial charge in [0.05, 0.1) is 0 Å². The van der Waals surface area contributed by atoms with Gasteiger partial charge in [-0.3, -0.25) is 0 Å². The van der Waals surface area contributed by atoms with Gasteiger partial charge in [-0.1, -0.05) is 37.6 Å². The molecule has 0 bridgehead atoms. The number of aliphatic hydroxyl groups excluding tert-OH is 1. The minimum Gasteiger partial charge on any atom is -0.396 e. The lowest BCUT2D eigenvalue weighted by Crippen LogP contribution is -1.84. The van der Waals surface area contributed by atoms with Crippen LogP contribution in [0.15, 0.2) is 30.5 Å². The predicted octanol–water partition coefficient (Wildman–Crippen LogP) is 3.30. The number of aliphatic hydroxyl groups is 1. The number of hydrogen-bond acceptors (Lipinski definition) is 3. The summed E-state index contributed by atoms with van der Waals surface area (Å²) in [5, 5.41) is 9.91. The van der Waals surface area contributed by atoms with Crippen LogP contribution >= 0.6 is 11.3 Å². The molecule has 2 aromatic rings. The molecule has 0 aliphatic carbocycles. The smallest absolute Gasteiger partial charge is 0.123 e. The third-order valence-electron chi connectivity index (χ3n) is 2.65. The molecule has 0 radical (unpaired) electrons. The van der Waals surface area contributed by atoms with Gasteiger partial charge >= 0.3 is 0 Å². The van der Waals surface area contributed by atoms with Crippen LogP contribution in [0.25, 0.3) is 10.6 Å². The summed E-state index contributed by atoms with van der Waals surface area (Å²) in [6.45, 7) is 2.38. The minimum atomic E-state index is 0.192. The molecule has 17 heavy (non-hydrogen) atoms. The van der Waals surface area contributed by atoms with Crippen LogP contribution < -0.4 is 0 Å². The quantitative estimate of drug-likeness (QED) is 0.879. The summed E-state index contributed by atoms with van der Waals surface area (Å²) in [4.78, 5) is 5.53. The van der Waals surface area contributed by atoms with E-state index in [0.717, 1.165) is 16.3 Å². The Balaban J connectivity index is 2.15. The van der Waals surface area contributed by atoms with Crippen LogP contribution in [-0.4, -0.2) is 16.7 Å². The maximum atomic E-state index is 8.87. The van der Waals surface area contributed by atoms with E-state index in [4.69, 9.17) is 5.11 Å². The first kappa shape index (κ1) is 12.3. The van der Waals surface area contributed by atoms with Crippen molar-refractivity contribution in [2.45, 2.75) is 26.2 Å². The van der Waals surface area contributed by atoms with Gasteiger partial charge in [0.25, 0.3) is 0 Å². The number of rotatable bonds is 5. The van der Waals surface area contributed by atoms with Crippen molar-refractivity contribution in [3.8, 4) is 10.6 Å². The molecule has 0 fully saturated rings.